The van der Waals surface area contributed by atoms with Crippen LogP contribution in [0.4, 0.5) is 5.69 Å². The van der Waals surface area contributed by atoms with E-state index in [9.17, 15) is 9.90 Å². The van der Waals surface area contributed by atoms with E-state index in [4.69, 9.17) is 4.74 Å². The second kappa shape index (κ2) is 8.15. The highest BCUT2D eigenvalue weighted by Gasteiger charge is 2.48. The fourth-order valence-corrected chi connectivity index (χ4v) is 4.67. The second-order valence-corrected chi connectivity index (χ2v) is 7.64. The first-order chi connectivity index (χ1) is 12.6. The van der Waals surface area contributed by atoms with Crippen LogP contribution in [0.25, 0.3) is 0 Å². The molecule has 1 heterocycles. The van der Waals surface area contributed by atoms with Crippen LogP contribution in [0, 0.1) is 5.92 Å². The normalized spacial score (nSPS) is 24.0. The van der Waals surface area contributed by atoms with Crippen molar-refractivity contribution < 1.29 is 14.6 Å². The molecule has 142 valence electrons. The Bertz CT molecular complexity index is 649. The highest BCUT2D eigenvalue weighted by atomic mass is 16.6. The maximum Gasteiger partial charge on any atom is 0.359 e. The van der Waals surface area contributed by atoms with Crippen LogP contribution in [-0.2, 0) is 9.53 Å². The van der Waals surface area contributed by atoms with Crippen molar-refractivity contribution in [2.24, 2.45) is 5.92 Å². The van der Waals surface area contributed by atoms with E-state index in [0.29, 0.717) is 24.6 Å². The maximum atomic E-state index is 13.1. The van der Waals surface area contributed by atoms with Gasteiger partial charge in [0.2, 0.25) is 0 Å². The Morgan fingerprint density at radius 1 is 1.15 bits per heavy atom. The largest absolute Gasteiger partial charge is 0.510 e. The molecule has 1 aliphatic heterocycles. The number of carbonyl (C=O) groups is 1. The van der Waals surface area contributed by atoms with Gasteiger partial charge in [0.1, 0.15) is 11.4 Å². The Labute approximate surface area is 156 Å². The molecule has 3 rings (SSSR count). The van der Waals surface area contributed by atoms with Gasteiger partial charge in [0.25, 0.3) is 0 Å². The number of aliphatic hydroxyl groups excluding tert-OH is 1. The van der Waals surface area contributed by atoms with Crippen molar-refractivity contribution in [3.05, 3.63) is 41.8 Å². The standard InChI is InChI=1S/C22H31NO3/c1-3-14-22(17-10-8-9-11-17)16-19(24)20(21(25)26-22)23(15-4-2)18-12-6-5-7-13-18/h5-7,12-13,17,24H,3-4,8-11,14-16H2,1-2H3. The first-order valence-electron chi connectivity index (χ1n) is 10.1. The van der Waals surface area contributed by atoms with Crippen LogP contribution >= 0.6 is 0 Å². The van der Waals surface area contributed by atoms with Crippen LogP contribution in [0.15, 0.2) is 41.8 Å². The van der Waals surface area contributed by atoms with Crippen molar-refractivity contribution in [1.82, 2.24) is 0 Å². The van der Waals surface area contributed by atoms with Crippen LogP contribution in [-0.4, -0.2) is 23.2 Å². The van der Waals surface area contributed by atoms with Gasteiger partial charge in [-0.2, -0.15) is 0 Å². The molecule has 0 bridgehead atoms. The monoisotopic (exact) mass is 357 g/mol. The molecule has 1 atom stereocenters. The molecule has 1 saturated carbocycles. The third-order valence-corrected chi connectivity index (χ3v) is 5.79. The predicted octanol–water partition coefficient (Wildman–Crippen LogP) is 5.35. The average molecular weight is 357 g/mol. The molecule has 26 heavy (non-hydrogen) atoms. The molecule has 1 aliphatic carbocycles. The van der Waals surface area contributed by atoms with Gasteiger partial charge >= 0.3 is 5.97 Å². The lowest BCUT2D eigenvalue weighted by Gasteiger charge is -2.43. The number of cyclic esters (lactones) is 1. The summed E-state index contributed by atoms with van der Waals surface area (Å²) in [7, 11) is 0. The minimum atomic E-state index is -0.523. The molecule has 1 unspecified atom stereocenters. The van der Waals surface area contributed by atoms with E-state index in [1.807, 2.05) is 35.2 Å². The Morgan fingerprint density at radius 3 is 2.42 bits per heavy atom. The molecule has 4 nitrogen and oxygen atoms in total. The second-order valence-electron chi connectivity index (χ2n) is 7.64. The molecular weight excluding hydrogens is 326 g/mol. The van der Waals surface area contributed by atoms with Crippen molar-refractivity contribution >= 4 is 11.7 Å². The summed E-state index contributed by atoms with van der Waals surface area (Å²) in [6.07, 6.45) is 7.65. The summed E-state index contributed by atoms with van der Waals surface area (Å²) >= 11 is 0. The zero-order valence-electron chi connectivity index (χ0n) is 16.0. The van der Waals surface area contributed by atoms with Gasteiger partial charge in [-0.25, -0.2) is 4.79 Å². The lowest BCUT2D eigenvalue weighted by atomic mass is 9.77. The van der Waals surface area contributed by atoms with Gasteiger partial charge in [0, 0.05) is 18.7 Å². The quantitative estimate of drug-likeness (QED) is 0.668. The van der Waals surface area contributed by atoms with E-state index >= 15 is 0 Å². The lowest BCUT2D eigenvalue weighted by molar-refractivity contribution is -0.167. The minimum Gasteiger partial charge on any atom is -0.510 e. The van der Waals surface area contributed by atoms with E-state index < -0.39 is 5.60 Å². The molecule has 1 fully saturated rings. The number of rotatable bonds is 7. The molecule has 4 heteroatoms. The summed E-state index contributed by atoms with van der Waals surface area (Å²) in [5.41, 5.74) is 0.712. The van der Waals surface area contributed by atoms with E-state index in [0.717, 1.165) is 37.8 Å². The van der Waals surface area contributed by atoms with Gasteiger partial charge in [-0.3, -0.25) is 0 Å². The number of para-hydroxylation sites is 1. The van der Waals surface area contributed by atoms with Crippen molar-refractivity contribution in [2.75, 3.05) is 11.4 Å². The van der Waals surface area contributed by atoms with E-state index in [-0.39, 0.29) is 11.7 Å². The molecule has 1 aromatic carbocycles. The topological polar surface area (TPSA) is 49.8 Å². The van der Waals surface area contributed by atoms with Crippen molar-refractivity contribution in [2.45, 2.75) is 70.8 Å². The number of anilines is 1. The summed E-state index contributed by atoms with van der Waals surface area (Å²) in [6, 6.07) is 9.78. The fourth-order valence-electron chi connectivity index (χ4n) is 4.67. The molecule has 0 saturated heterocycles. The van der Waals surface area contributed by atoms with Crippen LogP contribution in [0.5, 0.6) is 0 Å². The summed E-state index contributed by atoms with van der Waals surface area (Å²) in [5, 5.41) is 11.0. The predicted molar refractivity (Wildman–Crippen MR) is 104 cm³/mol. The van der Waals surface area contributed by atoms with E-state index in [1.54, 1.807) is 0 Å². The Kier molecular flexibility index (Phi) is 5.90. The van der Waals surface area contributed by atoms with Gasteiger partial charge in [-0.1, -0.05) is 51.3 Å². The highest BCUT2D eigenvalue weighted by Crippen LogP contribution is 2.46. The lowest BCUT2D eigenvalue weighted by Crippen LogP contribution is -2.48. The number of carbonyl (C=O) groups excluding carboxylic acids is 1. The van der Waals surface area contributed by atoms with Crippen molar-refractivity contribution in [3.8, 4) is 0 Å². The number of ether oxygens (including phenoxy) is 1. The summed E-state index contributed by atoms with van der Waals surface area (Å²) in [4.78, 5) is 15.0. The summed E-state index contributed by atoms with van der Waals surface area (Å²) < 4.78 is 6.13. The molecular formula is C22H31NO3. The van der Waals surface area contributed by atoms with Crippen LogP contribution < -0.4 is 4.90 Å². The zero-order valence-corrected chi connectivity index (χ0v) is 16.0. The molecule has 0 aromatic heterocycles. The number of benzene rings is 1. The van der Waals surface area contributed by atoms with Gasteiger partial charge < -0.3 is 14.7 Å². The Balaban J connectivity index is 1.95. The molecule has 0 amide bonds. The number of nitrogens with zero attached hydrogens (tertiary/aromatic N) is 1. The fraction of sp³-hybridized carbons (Fsp3) is 0.591. The van der Waals surface area contributed by atoms with Crippen LogP contribution in [0.3, 0.4) is 0 Å². The average Bonchev–Trinajstić information content (AvgIpc) is 3.17. The Hall–Kier alpha value is -1.97. The number of hydrogen-bond acceptors (Lipinski definition) is 4. The van der Waals surface area contributed by atoms with E-state index in [2.05, 4.69) is 13.8 Å². The van der Waals surface area contributed by atoms with Gasteiger partial charge in [-0.15, -0.1) is 0 Å². The third kappa shape index (κ3) is 3.60. The number of esters is 1. The van der Waals surface area contributed by atoms with E-state index in [1.165, 1.54) is 12.8 Å². The van der Waals surface area contributed by atoms with Gasteiger partial charge in [0.15, 0.2) is 5.70 Å². The third-order valence-electron chi connectivity index (χ3n) is 5.79. The van der Waals surface area contributed by atoms with Crippen molar-refractivity contribution in [3.63, 3.8) is 0 Å². The maximum absolute atomic E-state index is 13.1. The van der Waals surface area contributed by atoms with Crippen LogP contribution in [0.2, 0.25) is 0 Å². The molecule has 1 aromatic rings. The van der Waals surface area contributed by atoms with Crippen LogP contribution in [0.1, 0.15) is 65.2 Å². The van der Waals surface area contributed by atoms with Gasteiger partial charge in [0.05, 0.1) is 0 Å². The molecule has 0 spiro atoms. The first-order valence-corrected chi connectivity index (χ1v) is 10.1. The zero-order chi connectivity index (χ0) is 18.6. The molecule has 1 N–H and O–H groups in total. The smallest absolute Gasteiger partial charge is 0.359 e. The van der Waals surface area contributed by atoms with Gasteiger partial charge in [-0.05, 0) is 43.7 Å². The minimum absolute atomic E-state index is 0.193. The first kappa shape index (κ1) is 18.8. The highest BCUT2D eigenvalue weighted by molar-refractivity contribution is 5.94. The number of aliphatic hydroxyl groups is 1. The summed E-state index contributed by atoms with van der Waals surface area (Å²) in [6.45, 7) is 4.86. The van der Waals surface area contributed by atoms with Crippen molar-refractivity contribution in [1.29, 1.82) is 0 Å². The number of hydrogen-bond donors (Lipinski definition) is 1. The molecule has 2 aliphatic rings. The SMILES string of the molecule is CCCN(C1=C(O)CC(CCC)(C2CCCC2)OC1=O)c1ccccc1. The summed E-state index contributed by atoms with van der Waals surface area (Å²) in [5.74, 6) is 0.191. The Morgan fingerprint density at radius 2 is 1.85 bits per heavy atom. The molecule has 0 radical (unpaired) electrons.